The van der Waals surface area contributed by atoms with Crippen molar-refractivity contribution < 1.29 is 14.7 Å². The van der Waals surface area contributed by atoms with E-state index in [9.17, 15) is 9.59 Å². The molecule has 0 saturated carbocycles. The molecule has 0 saturated heterocycles. The minimum atomic E-state index is -1.04. The summed E-state index contributed by atoms with van der Waals surface area (Å²) < 4.78 is 1.23. The third kappa shape index (κ3) is 3.82. The average molecular weight is 241 g/mol. The van der Waals surface area contributed by atoms with Crippen LogP contribution in [0.2, 0.25) is 0 Å². The Morgan fingerprint density at radius 3 is 2.71 bits per heavy atom. The lowest BCUT2D eigenvalue weighted by molar-refractivity contribution is -0.143. The Labute approximate surface area is 98.0 Å². The van der Waals surface area contributed by atoms with Crippen molar-refractivity contribution in [3.8, 4) is 0 Å². The lowest BCUT2D eigenvalue weighted by Crippen LogP contribution is -2.46. The molecule has 1 aromatic rings. The van der Waals surface area contributed by atoms with Gasteiger partial charge in [0.25, 0.3) is 0 Å². The molecule has 2 atom stereocenters. The van der Waals surface area contributed by atoms with Crippen LogP contribution in [0.5, 0.6) is 0 Å². The fraction of sp³-hybridized carbons (Fsp3) is 0.667. The van der Waals surface area contributed by atoms with Crippen molar-refractivity contribution in [3.05, 3.63) is 6.33 Å². The summed E-state index contributed by atoms with van der Waals surface area (Å²) in [5.74, 6) is -1.60. The number of aliphatic carboxylic acids is 1. The Morgan fingerprint density at radius 1 is 1.53 bits per heavy atom. The van der Waals surface area contributed by atoms with Crippen LogP contribution in [0.25, 0.3) is 0 Å². The van der Waals surface area contributed by atoms with Crippen LogP contribution in [-0.2, 0) is 16.1 Å². The molecule has 94 valence electrons. The molecular formula is C9H15N5O3. The monoisotopic (exact) mass is 241 g/mol. The Hall–Kier alpha value is -1.99. The number of carboxylic acid groups (broad SMARTS) is 1. The fourth-order valence-corrected chi connectivity index (χ4v) is 1.30. The summed E-state index contributed by atoms with van der Waals surface area (Å²) in [5, 5.41) is 21.7. The molecule has 0 aliphatic heterocycles. The zero-order valence-corrected chi connectivity index (χ0v) is 9.70. The van der Waals surface area contributed by atoms with E-state index in [1.165, 1.54) is 11.0 Å². The maximum absolute atomic E-state index is 11.6. The van der Waals surface area contributed by atoms with Crippen LogP contribution < -0.4 is 5.32 Å². The van der Waals surface area contributed by atoms with Gasteiger partial charge in [-0.25, -0.2) is 9.48 Å². The largest absolute Gasteiger partial charge is 0.480 e. The van der Waals surface area contributed by atoms with E-state index in [1.807, 2.05) is 6.92 Å². The van der Waals surface area contributed by atoms with Gasteiger partial charge in [0.15, 0.2) is 0 Å². The van der Waals surface area contributed by atoms with Crippen molar-refractivity contribution in [2.45, 2.75) is 32.9 Å². The predicted molar refractivity (Wildman–Crippen MR) is 56.8 cm³/mol. The Morgan fingerprint density at radius 2 is 2.24 bits per heavy atom. The highest BCUT2D eigenvalue weighted by Crippen LogP contribution is 2.07. The third-order valence-corrected chi connectivity index (χ3v) is 2.49. The van der Waals surface area contributed by atoms with E-state index in [4.69, 9.17) is 5.11 Å². The van der Waals surface area contributed by atoms with Gasteiger partial charge in [0, 0.05) is 0 Å². The van der Waals surface area contributed by atoms with Crippen molar-refractivity contribution in [2.75, 3.05) is 0 Å². The molecule has 0 unspecified atom stereocenters. The third-order valence-electron chi connectivity index (χ3n) is 2.49. The van der Waals surface area contributed by atoms with Gasteiger partial charge in [-0.15, -0.1) is 5.10 Å². The van der Waals surface area contributed by atoms with Gasteiger partial charge in [0.2, 0.25) is 5.91 Å². The molecule has 8 heteroatoms. The first kappa shape index (κ1) is 13.1. The van der Waals surface area contributed by atoms with E-state index in [1.54, 1.807) is 6.92 Å². The second-order valence-corrected chi connectivity index (χ2v) is 3.78. The number of nitrogens with one attached hydrogen (secondary N) is 1. The van der Waals surface area contributed by atoms with Gasteiger partial charge in [-0.1, -0.05) is 20.3 Å². The van der Waals surface area contributed by atoms with Gasteiger partial charge >= 0.3 is 5.97 Å². The summed E-state index contributed by atoms with van der Waals surface area (Å²) in [7, 11) is 0. The summed E-state index contributed by atoms with van der Waals surface area (Å²) >= 11 is 0. The second kappa shape index (κ2) is 5.92. The first-order valence-electron chi connectivity index (χ1n) is 5.27. The number of hydrogen-bond acceptors (Lipinski definition) is 5. The molecule has 1 rings (SSSR count). The molecule has 2 N–H and O–H groups in total. The predicted octanol–water partition coefficient (Wildman–Crippen LogP) is -0.711. The van der Waals surface area contributed by atoms with Gasteiger partial charge in [-0.2, -0.15) is 0 Å². The van der Waals surface area contributed by atoms with Crippen molar-refractivity contribution >= 4 is 11.9 Å². The quantitative estimate of drug-likeness (QED) is 0.680. The van der Waals surface area contributed by atoms with Gasteiger partial charge in [0.1, 0.15) is 18.9 Å². The van der Waals surface area contributed by atoms with Gasteiger partial charge in [-0.3, -0.25) is 4.79 Å². The zero-order valence-electron chi connectivity index (χ0n) is 9.70. The summed E-state index contributed by atoms with van der Waals surface area (Å²) in [4.78, 5) is 22.5. The topological polar surface area (TPSA) is 110 Å². The maximum atomic E-state index is 11.6. The summed E-state index contributed by atoms with van der Waals surface area (Å²) in [6.07, 6.45) is 1.96. The average Bonchev–Trinajstić information content (AvgIpc) is 2.77. The minimum Gasteiger partial charge on any atom is -0.480 e. The van der Waals surface area contributed by atoms with E-state index >= 15 is 0 Å². The molecule has 8 nitrogen and oxygen atoms in total. The number of rotatable bonds is 6. The van der Waals surface area contributed by atoms with Crippen molar-refractivity contribution in [1.29, 1.82) is 0 Å². The highest BCUT2D eigenvalue weighted by atomic mass is 16.4. The molecular weight excluding hydrogens is 226 g/mol. The molecule has 17 heavy (non-hydrogen) atoms. The molecule has 0 aromatic carbocycles. The van der Waals surface area contributed by atoms with Gasteiger partial charge in [-0.05, 0) is 16.3 Å². The van der Waals surface area contributed by atoms with Gasteiger partial charge < -0.3 is 10.4 Å². The fourth-order valence-electron chi connectivity index (χ4n) is 1.30. The molecule has 1 heterocycles. The summed E-state index contributed by atoms with van der Waals surface area (Å²) in [6.45, 7) is 3.55. The minimum absolute atomic E-state index is 0.0901. The molecule has 1 amide bonds. The lowest BCUT2D eigenvalue weighted by Gasteiger charge is -2.19. The van der Waals surface area contributed by atoms with Crippen molar-refractivity contribution in [2.24, 2.45) is 5.92 Å². The van der Waals surface area contributed by atoms with Crippen LogP contribution in [0.15, 0.2) is 6.33 Å². The van der Waals surface area contributed by atoms with Crippen LogP contribution in [-0.4, -0.2) is 43.2 Å². The number of tetrazole rings is 1. The van der Waals surface area contributed by atoms with E-state index in [0.717, 1.165) is 0 Å². The SMILES string of the molecule is CC[C@H](C)[C@H](NC(=O)Cn1cnnn1)C(=O)O. The Kier molecular flexibility index (Phi) is 4.56. The first-order chi connectivity index (χ1) is 8.04. The first-order valence-corrected chi connectivity index (χ1v) is 5.27. The van der Waals surface area contributed by atoms with Crippen LogP contribution in [0.1, 0.15) is 20.3 Å². The van der Waals surface area contributed by atoms with Crippen LogP contribution >= 0.6 is 0 Å². The van der Waals surface area contributed by atoms with Crippen LogP contribution in [0, 0.1) is 5.92 Å². The van der Waals surface area contributed by atoms with Gasteiger partial charge in [0.05, 0.1) is 0 Å². The molecule has 0 bridgehead atoms. The number of amides is 1. The highest BCUT2D eigenvalue weighted by molar-refractivity contribution is 5.83. The summed E-state index contributed by atoms with van der Waals surface area (Å²) in [5.41, 5.74) is 0. The van der Waals surface area contributed by atoms with E-state index < -0.39 is 17.9 Å². The number of nitrogens with zero attached hydrogens (tertiary/aromatic N) is 4. The number of carbonyl (C=O) groups is 2. The molecule has 0 aliphatic carbocycles. The second-order valence-electron chi connectivity index (χ2n) is 3.78. The van der Waals surface area contributed by atoms with E-state index in [-0.39, 0.29) is 12.5 Å². The molecule has 1 aromatic heterocycles. The summed E-state index contributed by atoms with van der Waals surface area (Å²) in [6, 6.07) is -0.885. The number of carboxylic acids is 1. The van der Waals surface area contributed by atoms with Crippen LogP contribution in [0.4, 0.5) is 0 Å². The molecule has 0 radical (unpaired) electrons. The molecule has 0 spiro atoms. The number of carbonyl (C=O) groups excluding carboxylic acids is 1. The lowest BCUT2D eigenvalue weighted by atomic mass is 9.99. The Bertz CT molecular complexity index is 378. The Balaban J connectivity index is 2.55. The highest BCUT2D eigenvalue weighted by Gasteiger charge is 2.25. The number of hydrogen-bond donors (Lipinski definition) is 2. The van der Waals surface area contributed by atoms with E-state index in [0.29, 0.717) is 6.42 Å². The molecule has 0 aliphatic rings. The molecule has 0 fully saturated rings. The zero-order chi connectivity index (χ0) is 12.8. The smallest absolute Gasteiger partial charge is 0.326 e. The van der Waals surface area contributed by atoms with Crippen LogP contribution in [0.3, 0.4) is 0 Å². The normalized spacial score (nSPS) is 14.0. The van der Waals surface area contributed by atoms with E-state index in [2.05, 4.69) is 20.8 Å². The number of aromatic nitrogens is 4. The maximum Gasteiger partial charge on any atom is 0.326 e. The standard InChI is InChI=1S/C9H15N5O3/c1-3-6(2)8(9(16)17)11-7(15)4-14-5-10-12-13-14/h5-6,8H,3-4H2,1-2H3,(H,11,15)(H,16,17)/t6-,8-/m0/s1. The van der Waals surface area contributed by atoms with Crippen molar-refractivity contribution in [3.63, 3.8) is 0 Å². The van der Waals surface area contributed by atoms with Crippen molar-refractivity contribution in [1.82, 2.24) is 25.5 Å².